The van der Waals surface area contributed by atoms with Crippen molar-refractivity contribution >= 4 is 35.7 Å². The zero-order chi connectivity index (χ0) is 41.1. The van der Waals surface area contributed by atoms with E-state index in [1.54, 1.807) is 37.6 Å². The van der Waals surface area contributed by atoms with Gasteiger partial charge in [0, 0.05) is 120 Å². The maximum absolute atomic E-state index is 11.5. The molecule has 2 amide bonds. The Bertz CT molecular complexity index is 1440. The predicted molar refractivity (Wildman–Crippen MR) is 210 cm³/mol. The van der Waals surface area contributed by atoms with Crippen LogP contribution in [0.2, 0.25) is 0 Å². The van der Waals surface area contributed by atoms with Gasteiger partial charge in [0.25, 0.3) is 0 Å². The van der Waals surface area contributed by atoms with Gasteiger partial charge in [-0.3, -0.25) is 28.8 Å². The molecular formula is C38H63N9O10. The molecule has 0 aromatic carbocycles. The summed E-state index contributed by atoms with van der Waals surface area (Å²) in [5.74, 6) is -2.02. The summed E-state index contributed by atoms with van der Waals surface area (Å²) in [6, 6.07) is 0. The van der Waals surface area contributed by atoms with Crippen molar-refractivity contribution in [3.63, 3.8) is 0 Å². The molecule has 3 aromatic heterocycles. The number of carboxylic acids is 1. The molecule has 57 heavy (non-hydrogen) atoms. The number of carbonyl (C=O) groups excluding carboxylic acids is 5. The number of aromatic nitrogens is 6. The van der Waals surface area contributed by atoms with Gasteiger partial charge in [-0.25, -0.2) is 15.0 Å². The van der Waals surface area contributed by atoms with Crippen molar-refractivity contribution < 1.29 is 48.1 Å². The average molecular weight is 806 g/mol. The lowest BCUT2D eigenvalue weighted by Crippen LogP contribution is -2.25. The molecule has 5 heterocycles. The van der Waals surface area contributed by atoms with Crippen LogP contribution in [0, 0.1) is 0 Å². The van der Waals surface area contributed by atoms with Gasteiger partial charge < -0.3 is 50.6 Å². The fourth-order valence-electron chi connectivity index (χ4n) is 4.47. The van der Waals surface area contributed by atoms with Crippen molar-refractivity contribution in [2.24, 2.45) is 5.73 Å². The van der Waals surface area contributed by atoms with Crippen molar-refractivity contribution in [2.45, 2.75) is 111 Å². The monoisotopic (exact) mass is 805 g/mol. The zero-order valence-electron chi connectivity index (χ0n) is 32.4. The number of imidazole rings is 3. The van der Waals surface area contributed by atoms with E-state index in [1.807, 2.05) is 6.92 Å². The lowest BCUT2D eigenvalue weighted by atomic mass is 10.2. The normalized spacial score (nSPS) is 12.5. The van der Waals surface area contributed by atoms with Crippen molar-refractivity contribution in [3.05, 3.63) is 54.7 Å². The highest BCUT2D eigenvalue weighted by Gasteiger charge is 2.16. The topological polar surface area (TPSA) is 286 Å². The third kappa shape index (κ3) is 31.5. The van der Waals surface area contributed by atoms with Gasteiger partial charge in [-0.15, -0.1) is 0 Å². The van der Waals surface area contributed by atoms with Crippen LogP contribution in [0.4, 0.5) is 0 Å². The van der Waals surface area contributed by atoms with E-state index in [-0.39, 0.29) is 50.0 Å². The second kappa shape index (κ2) is 35.0. The van der Waals surface area contributed by atoms with Crippen molar-refractivity contribution in [1.82, 2.24) is 40.5 Å². The number of carboxylic acid groups (broad SMARTS) is 1. The van der Waals surface area contributed by atoms with Crippen LogP contribution in [-0.2, 0) is 62.2 Å². The smallest absolute Gasteiger partial charge is 0.313 e. The number of ether oxygens (including phenoxy) is 3. The summed E-state index contributed by atoms with van der Waals surface area (Å²) in [6.07, 6.45) is 19.1. The van der Waals surface area contributed by atoms with Crippen LogP contribution in [0.25, 0.3) is 0 Å². The number of nitrogens with one attached hydrogen (secondary N) is 5. The highest BCUT2D eigenvalue weighted by atomic mass is 16.6. The Morgan fingerprint density at radius 2 is 1.23 bits per heavy atom. The minimum Gasteiger partial charge on any atom is -0.481 e. The van der Waals surface area contributed by atoms with Gasteiger partial charge >= 0.3 is 23.9 Å². The number of aromatic amines is 3. The van der Waals surface area contributed by atoms with E-state index in [0.29, 0.717) is 77.6 Å². The van der Waals surface area contributed by atoms with E-state index in [0.717, 1.165) is 49.6 Å². The summed E-state index contributed by atoms with van der Waals surface area (Å²) >= 11 is 0. The highest BCUT2D eigenvalue weighted by Crippen LogP contribution is 2.06. The fraction of sp³-hybridized carbons (Fsp3) is 0.605. The van der Waals surface area contributed by atoms with E-state index in [4.69, 9.17) is 20.3 Å². The molecule has 0 saturated carbocycles. The van der Waals surface area contributed by atoms with Crippen LogP contribution in [0.15, 0.2) is 37.6 Å². The van der Waals surface area contributed by atoms with E-state index in [2.05, 4.69) is 45.3 Å². The molecule has 2 aliphatic rings. The molecule has 3 aromatic rings. The van der Waals surface area contributed by atoms with Gasteiger partial charge in [0.15, 0.2) is 0 Å². The van der Waals surface area contributed by atoms with Gasteiger partial charge in [0.1, 0.15) is 0 Å². The standard InChI is InChI=1S/C13H21N3O3.C10H15N3O3.C5H9N3.C5H6O3.C4H8O.CH4/c1-2-8-19-13(18)5-3-4-12(17)15-7-6-11-9-14-10-16-11;14-9(2-1-3-10(15)16)12-5-4-8-6-11-7-13-8;6-2-1-5-3-7-4-8-5;6-4-2-1-3-5(7)8-4;1-2-4-5-3-1;/h9-10H,2-8H2,1H3,(H,14,16)(H,15,17);6-7H,1-5H2,(H,11,13)(H,12,14)(H,15,16);3-4H,1-2,6H2,(H,7,8);1-3H2;1-4H2;1H4. The molecule has 0 unspecified atom stereocenters. The third-order valence-corrected chi connectivity index (χ3v) is 7.37. The maximum atomic E-state index is 11.5. The molecule has 2 aliphatic heterocycles. The number of rotatable bonds is 18. The van der Waals surface area contributed by atoms with Crippen molar-refractivity contribution in [1.29, 1.82) is 0 Å². The number of aliphatic carboxylic acids is 1. The molecule has 19 nitrogen and oxygen atoms in total. The Morgan fingerprint density at radius 3 is 1.58 bits per heavy atom. The van der Waals surface area contributed by atoms with Crippen LogP contribution in [0.5, 0.6) is 0 Å². The lowest BCUT2D eigenvalue weighted by molar-refractivity contribution is -0.163. The molecule has 0 atom stereocenters. The van der Waals surface area contributed by atoms with Gasteiger partial charge in [0.2, 0.25) is 11.8 Å². The van der Waals surface area contributed by atoms with E-state index < -0.39 is 5.97 Å². The Balaban J connectivity index is 0.000000735. The first-order valence-electron chi connectivity index (χ1n) is 19.0. The van der Waals surface area contributed by atoms with Gasteiger partial charge in [-0.05, 0) is 45.1 Å². The Hall–Kier alpha value is -5.43. The van der Waals surface area contributed by atoms with E-state index in [1.165, 1.54) is 12.8 Å². The van der Waals surface area contributed by atoms with Crippen LogP contribution in [0.3, 0.4) is 0 Å². The summed E-state index contributed by atoms with van der Waals surface area (Å²) in [6.45, 7) is 6.19. The molecule has 0 spiro atoms. The Kier molecular flexibility index (Phi) is 31.7. The molecule has 0 radical (unpaired) electrons. The number of carbonyl (C=O) groups is 6. The molecule has 2 saturated heterocycles. The first-order valence-corrected chi connectivity index (χ1v) is 19.0. The van der Waals surface area contributed by atoms with Gasteiger partial charge in [-0.2, -0.15) is 0 Å². The number of nitrogens with zero attached hydrogens (tertiary/aromatic N) is 3. The van der Waals surface area contributed by atoms with E-state index >= 15 is 0 Å². The Labute approximate surface area is 334 Å². The number of esters is 3. The second-order valence-electron chi connectivity index (χ2n) is 12.3. The molecule has 0 bridgehead atoms. The van der Waals surface area contributed by atoms with Crippen molar-refractivity contribution in [2.75, 3.05) is 39.5 Å². The minimum absolute atomic E-state index is 0. The van der Waals surface area contributed by atoms with Crippen LogP contribution in [-0.4, -0.2) is 110 Å². The largest absolute Gasteiger partial charge is 0.481 e. The predicted octanol–water partition coefficient (Wildman–Crippen LogP) is 3.10. The van der Waals surface area contributed by atoms with Crippen LogP contribution >= 0.6 is 0 Å². The number of hydrogen-bond donors (Lipinski definition) is 7. The van der Waals surface area contributed by atoms with Crippen molar-refractivity contribution in [3.8, 4) is 0 Å². The SMILES string of the molecule is C.C1CCOC1.CCCOC(=O)CCCC(=O)NCCc1cnc[nH]1.NCCc1cnc[nH]1.O=C(O)CCCC(=O)NCCc1cnc[nH]1.O=C1CCCC(=O)O1. The first-order chi connectivity index (χ1) is 27.1. The molecule has 19 heteroatoms. The quantitative estimate of drug-likeness (QED) is 0.0719. The van der Waals surface area contributed by atoms with Crippen LogP contribution in [0.1, 0.15) is 108 Å². The number of nitrogens with two attached hydrogens (primary N) is 1. The summed E-state index contributed by atoms with van der Waals surface area (Å²) in [5, 5.41) is 13.9. The molecular weight excluding hydrogens is 742 g/mol. The summed E-state index contributed by atoms with van der Waals surface area (Å²) < 4.78 is 14.1. The van der Waals surface area contributed by atoms with Crippen LogP contribution < -0.4 is 16.4 Å². The summed E-state index contributed by atoms with van der Waals surface area (Å²) in [4.78, 5) is 85.0. The average Bonchev–Trinajstić information content (AvgIpc) is 4.02. The molecule has 2 fully saturated rings. The molecule has 5 rings (SSSR count). The minimum atomic E-state index is -0.870. The molecule has 0 aliphatic carbocycles. The number of hydrogen-bond acceptors (Lipinski definition) is 13. The highest BCUT2D eigenvalue weighted by molar-refractivity contribution is 5.87. The molecule has 320 valence electrons. The Morgan fingerprint density at radius 1 is 0.754 bits per heavy atom. The van der Waals surface area contributed by atoms with E-state index in [9.17, 15) is 28.8 Å². The first kappa shape index (κ1) is 51.6. The number of amides is 2. The number of cyclic esters (lactones) is 2. The second-order valence-corrected chi connectivity index (χ2v) is 12.3. The number of H-pyrrole nitrogens is 3. The van der Waals surface area contributed by atoms with Gasteiger partial charge in [-0.1, -0.05) is 14.4 Å². The lowest BCUT2D eigenvalue weighted by Gasteiger charge is -2.06. The maximum Gasteiger partial charge on any atom is 0.313 e. The summed E-state index contributed by atoms with van der Waals surface area (Å²) in [7, 11) is 0. The van der Waals surface area contributed by atoms with Gasteiger partial charge in [0.05, 0.1) is 25.6 Å². The zero-order valence-corrected chi connectivity index (χ0v) is 32.4. The third-order valence-electron chi connectivity index (χ3n) is 7.37. The summed E-state index contributed by atoms with van der Waals surface area (Å²) in [5.41, 5.74) is 8.33. The fourth-order valence-corrected chi connectivity index (χ4v) is 4.47. The molecule has 8 N–H and O–H groups in total.